The summed E-state index contributed by atoms with van der Waals surface area (Å²) in [6, 6.07) is 15.7. The van der Waals surface area contributed by atoms with E-state index >= 15 is 0 Å². The van der Waals surface area contributed by atoms with E-state index in [-0.39, 0.29) is 24.0 Å². The van der Waals surface area contributed by atoms with Gasteiger partial charge >= 0.3 is 0 Å². The maximum atomic E-state index is 13.3. The molecule has 1 fully saturated rings. The van der Waals surface area contributed by atoms with Crippen molar-refractivity contribution in [3.05, 3.63) is 59.7 Å². The Morgan fingerprint density at radius 2 is 1.74 bits per heavy atom. The third-order valence-corrected chi connectivity index (χ3v) is 5.48. The molecule has 0 radical (unpaired) electrons. The number of carbonyl (C=O) groups is 2. The fourth-order valence-corrected chi connectivity index (χ4v) is 4.20. The number of anilines is 2. The molecule has 1 aliphatic carbocycles. The highest BCUT2D eigenvalue weighted by molar-refractivity contribution is 6.02. The molecule has 1 atom stereocenters. The second kappa shape index (κ2) is 7.43. The normalized spacial score (nSPS) is 20.0. The van der Waals surface area contributed by atoms with Gasteiger partial charge in [0.15, 0.2) is 0 Å². The Balaban J connectivity index is 1.69. The number of carbonyl (C=O) groups excluding carboxylic acids is 2. The van der Waals surface area contributed by atoms with E-state index in [4.69, 9.17) is 0 Å². The van der Waals surface area contributed by atoms with E-state index in [9.17, 15) is 9.59 Å². The molecule has 1 heterocycles. The average molecular weight is 363 g/mol. The summed E-state index contributed by atoms with van der Waals surface area (Å²) in [6.45, 7) is 1.50. The van der Waals surface area contributed by atoms with Crippen LogP contribution >= 0.6 is 0 Å². The molecule has 0 saturated heterocycles. The van der Waals surface area contributed by atoms with Crippen molar-refractivity contribution in [3.8, 4) is 0 Å². The lowest BCUT2D eigenvalue weighted by atomic mass is 9.91. The molecule has 0 bridgehead atoms. The van der Waals surface area contributed by atoms with Crippen LogP contribution in [0.4, 0.5) is 11.4 Å². The van der Waals surface area contributed by atoms with Gasteiger partial charge in [0.2, 0.25) is 5.91 Å². The molecule has 2 N–H and O–H groups in total. The van der Waals surface area contributed by atoms with E-state index in [0.717, 1.165) is 35.3 Å². The van der Waals surface area contributed by atoms with E-state index in [1.54, 1.807) is 0 Å². The molecule has 27 heavy (non-hydrogen) atoms. The zero-order valence-corrected chi connectivity index (χ0v) is 15.6. The van der Waals surface area contributed by atoms with E-state index in [1.807, 2.05) is 53.4 Å². The van der Waals surface area contributed by atoms with Crippen molar-refractivity contribution in [2.24, 2.45) is 0 Å². The van der Waals surface area contributed by atoms with Gasteiger partial charge in [-0.05, 0) is 42.7 Å². The molecule has 2 aliphatic rings. The number of hydrogen-bond acceptors (Lipinski definition) is 3. The molecule has 0 unspecified atom stereocenters. The fourth-order valence-electron chi connectivity index (χ4n) is 4.20. The minimum absolute atomic E-state index is 0.0912. The van der Waals surface area contributed by atoms with E-state index in [1.165, 1.54) is 26.2 Å². The third-order valence-electron chi connectivity index (χ3n) is 5.48. The summed E-state index contributed by atoms with van der Waals surface area (Å²) in [6.07, 6.45) is 5.50. The Hall–Kier alpha value is -2.82. The minimum Gasteiger partial charge on any atom is -0.361 e. The van der Waals surface area contributed by atoms with E-state index in [2.05, 4.69) is 10.6 Å². The van der Waals surface area contributed by atoms with Crippen LogP contribution in [0.1, 0.15) is 61.1 Å². The quantitative estimate of drug-likeness (QED) is 0.841. The van der Waals surface area contributed by atoms with Gasteiger partial charge in [0, 0.05) is 24.3 Å². The predicted molar refractivity (Wildman–Crippen MR) is 107 cm³/mol. The standard InChI is InChI=1S/C22H25N3O2/c1-15(26)23-17-13-11-16(12-14-17)21-24-20-10-6-5-9-19(20)22(27)25(21)18-7-3-2-4-8-18/h5-6,9-14,18,21,24H,2-4,7-8H2,1H3,(H,23,26)/t21-/m0/s1. The second-order valence-corrected chi connectivity index (χ2v) is 7.40. The first kappa shape index (κ1) is 17.6. The van der Waals surface area contributed by atoms with Gasteiger partial charge in [0.25, 0.3) is 5.91 Å². The summed E-state index contributed by atoms with van der Waals surface area (Å²) in [5.41, 5.74) is 3.41. The molecule has 2 aromatic rings. The van der Waals surface area contributed by atoms with Crippen LogP contribution in [0.15, 0.2) is 48.5 Å². The lowest BCUT2D eigenvalue weighted by Crippen LogP contribution is -2.49. The average Bonchev–Trinajstić information content (AvgIpc) is 2.69. The third kappa shape index (κ3) is 3.54. The van der Waals surface area contributed by atoms with Crippen LogP contribution in [-0.4, -0.2) is 22.8 Å². The van der Waals surface area contributed by atoms with Crippen molar-refractivity contribution in [2.45, 2.75) is 51.2 Å². The topological polar surface area (TPSA) is 61.4 Å². The largest absolute Gasteiger partial charge is 0.361 e. The van der Waals surface area contributed by atoms with Gasteiger partial charge in [-0.3, -0.25) is 9.59 Å². The van der Waals surface area contributed by atoms with Gasteiger partial charge in [0.05, 0.1) is 5.56 Å². The van der Waals surface area contributed by atoms with Crippen molar-refractivity contribution in [1.29, 1.82) is 0 Å². The summed E-state index contributed by atoms with van der Waals surface area (Å²) in [7, 11) is 0. The summed E-state index contributed by atoms with van der Waals surface area (Å²) in [4.78, 5) is 26.6. The smallest absolute Gasteiger partial charge is 0.258 e. The number of rotatable bonds is 3. The highest BCUT2D eigenvalue weighted by Crippen LogP contribution is 2.38. The summed E-state index contributed by atoms with van der Waals surface area (Å²) in [5, 5.41) is 6.36. The van der Waals surface area contributed by atoms with Crippen LogP contribution in [0, 0.1) is 0 Å². The van der Waals surface area contributed by atoms with Gasteiger partial charge in [-0.2, -0.15) is 0 Å². The fraction of sp³-hybridized carbons (Fsp3) is 0.364. The molecule has 1 saturated carbocycles. The summed E-state index contributed by atoms with van der Waals surface area (Å²) >= 11 is 0. The maximum Gasteiger partial charge on any atom is 0.258 e. The van der Waals surface area contributed by atoms with E-state index in [0.29, 0.717) is 0 Å². The number of para-hydroxylation sites is 1. The van der Waals surface area contributed by atoms with Crippen molar-refractivity contribution in [3.63, 3.8) is 0 Å². The summed E-state index contributed by atoms with van der Waals surface area (Å²) < 4.78 is 0. The van der Waals surface area contributed by atoms with Crippen molar-refractivity contribution in [2.75, 3.05) is 10.6 Å². The van der Waals surface area contributed by atoms with Crippen molar-refractivity contribution >= 4 is 23.2 Å². The Morgan fingerprint density at radius 1 is 1.04 bits per heavy atom. The molecule has 1 aliphatic heterocycles. The Labute approximate surface area is 159 Å². The maximum absolute atomic E-state index is 13.3. The molecule has 2 aromatic carbocycles. The van der Waals surface area contributed by atoms with Crippen LogP contribution in [0.2, 0.25) is 0 Å². The van der Waals surface area contributed by atoms with Gasteiger partial charge in [-0.15, -0.1) is 0 Å². The van der Waals surface area contributed by atoms with Crippen LogP contribution in [0.5, 0.6) is 0 Å². The molecule has 2 amide bonds. The first-order valence-corrected chi connectivity index (χ1v) is 9.69. The monoisotopic (exact) mass is 363 g/mol. The van der Waals surface area contributed by atoms with Crippen molar-refractivity contribution in [1.82, 2.24) is 4.90 Å². The van der Waals surface area contributed by atoms with Crippen LogP contribution in [-0.2, 0) is 4.79 Å². The molecule has 5 heteroatoms. The van der Waals surface area contributed by atoms with Gasteiger partial charge < -0.3 is 15.5 Å². The Kier molecular flexibility index (Phi) is 4.84. The molecule has 4 rings (SSSR count). The number of amides is 2. The number of nitrogens with zero attached hydrogens (tertiary/aromatic N) is 1. The Morgan fingerprint density at radius 3 is 2.44 bits per heavy atom. The van der Waals surface area contributed by atoms with Gasteiger partial charge in [-0.25, -0.2) is 0 Å². The first-order valence-electron chi connectivity index (χ1n) is 9.69. The lowest BCUT2D eigenvalue weighted by Gasteiger charge is -2.44. The number of fused-ring (bicyclic) bond motifs is 1. The minimum atomic E-state index is -0.193. The number of benzene rings is 2. The van der Waals surface area contributed by atoms with Crippen molar-refractivity contribution < 1.29 is 9.59 Å². The van der Waals surface area contributed by atoms with Crippen LogP contribution < -0.4 is 10.6 Å². The molecule has 0 spiro atoms. The SMILES string of the molecule is CC(=O)Nc1ccc([C@H]2Nc3ccccc3C(=O)N2C2CCCCC2)cc1. The number of nitrogens with one attached hydrogen (secondary N) is 2. The highest BCUT2D eigenvalue weighted by atomic mass is 16.2. The van der Waals surface area contributed by atoms with Crippen LogP contribution in [0.3, 0.4) is 0 Å². The molecular formula is C22H25N3O2. The molecule has 5 nitrogen and oxygen atoms in total. The van der Waals surface area contributed by atoms with Crippen LogP contribution in [0.25, 0.3) is 0 Å². The molecule has 0 aromatic heterocycles. The molecule has 140 valence electrons. The number of hydrogen-bond donors (Lipinski definition) is 2. The first-order chi connectivity index (χ1) is 13.1. The zero-order chi connectivity index (χ0) is 18.8. The lowest BCUT2D eigenvalue weighted by molar-refractivity contribution is -0.114. The predicted octanol–water partition coefficient (Wildman–Crippen LogP) is 4.54. The van der Waals surface area contributed by atoms with Gasteiger partial charge in [0.1, 0.15) is 6.17 Å². The second-order valence-electron chi connectivity index (χ2n) is 7.40. The molecular weight excluding hydrogens is 338 g/mol. The summed E-state index contributed by atoms with van der Waals surface area (Å²) in [5.74, 6) is 0.0127. The Bertz CT molecular complexity index is 841. The zero-order valence-electron chi connectivity index (χ0n) is 15.6. The van der Waals surface area contributed by atoms with Gasteiger partial charge in [-0.1, -0.05) is 43.5 Å². The van der Waals surface area contributed by atoms with E-state index < -0.39 is 0 Å². The highest BCUT2D eigenvalue weighted by Gasteiger charge is 2.37.